The molecule has 2 heterocycles. The van der Waals surface area contributed by atoms with Crippen LogP contribution in [0.1, 0.15) is 6.42 Å². The fourth-order valence-corrected chi connectivity index (χ4v) is 2.14. The van der Waals surface area contributed by atoms with E-state index in [0.29, 0.717) is 0 Å². The predicted molar refractivity (Wildman–Crippen MR) is 70.1 cm³/mol. The molecule has 1 aromatic heterocycles. The lowest BCUT2D eigenvalue weighted by Crippen LogP contribution is -2.47. The first-order chi connectivity index (χ1) is 8.29. The maximum Gasteiger partial charge on any atom is 0.225 e. The topological polar surface area (TPSA) is 52.5 Å². The van der Waals surface area contributed by atoms with Gasteiger partial charge in [0.15, 0.2) is 0 Å². The molecule has 5 nitrogen and oxygen atoms in total. The lowest BCUT2D eigenvalue weighted by Gasteiger charge is -2.34. The molecular weight excluding hydrogens is 284 g/mol. The number of aliphatic hydroxyl groups excluding tert-OH is 1. The van der Waals surface area contributed by atoms with E-state index >= 15 is 0 Å². The van der Waals surface area contributed by atoms with Crippen LogP contribution in [0, 0.1) is 0 Å². The van der Waals surface area contributed by atoms with Crippen molar-refractivity contribution in [1.82, 2.24) is 14.9 Å². The highest BCUT2D eigenvalue weighted by Crippen LogP contribution is 2.13. The Kier molecular flexibility index (Phi) is 4.70. The van der Waals surface area contributed by atoms with Crippen molar-refractivity contribution in [3.63, 3.8) is 0 Å². The summed E-state index contributed by atoms with van der Waals surface area (Å²) in [5, 5.41) is 8.79. The van der Waals surface area contributed by atoms with Gasteiger partial charge in [-0.1, -0.05) is 0 Å². The first-order valence-corrected chi connectivity index (χ1v) is 6.64. The van der Waals surface area contributed by atoms with Crippen molar-refractivity contribution in [3.05, 3.63) is 16.9 Å². The Labute approximate surface area is 110 Å². The zero-order valence-corrected chi connectivity index (χ0v) is 11.3. The Morgan fingerprint density at radius 2 is 1.82 bits per heavy atom. The smallest absolute Gasteiger partial charge is 0.225 e. The minimum atomic E-state index is 0.274. The number of halogens is 1. The SMILES string of the molecule is OCCCN1CCN(c2ncc(Br)cn2)CC1. The van der Waals surface area contributed by atoms with E-state index in [1.165, 1.54) is 0 Å². The predicted octanol–water partition coefficient (Wildman–Crippen LogP) is 0.743. The zero-order chi connectivity index (χ0) is 12.1. The normalized spacial score (nSPS) is 17.4. The molecule has 0 unspecified atom stereocenters. The van der Waals surface area contributed by atoms with Crippen LogP contribution >= 0.6 is 15.9 Å². The Morgan fingerprint density at radius 3 is 2.41 bits per heavy atom. The molecule has 1 aliphatic rings. The third-order valence-electron chi connectivity index (χ3n) is 2.89. The average molecular weight is 301 g/mol. The number of aliphatic hydroxyl groups is 1. The summed E-state index contributed by atoms with van der Waals surface area (Å²) < 4.78 is 0.905. The molecule has 0 radical (unpaired) electrons. The molecule has 0 bridgehead atoms. The van der Waals surface area contributed by atoms with E-state index in [2.05, 4.69) is 35.7 Å². The number of anilines is 1. The maximum absolute atomic E-state index is 8.79. The van der Waals surface area contributed by atoms with Crippen molar-refractivity contribution in [2.24, 2.45) is 0 Å². The van der Waals surface area contributed by atoms with E-state index in [1.807, 2.05) is 0 Å². The molecule has 1 N–H and O–H groups in total. The Balaban J connectivity index is 1.84. The van der Waals surface area contributed by atoms with Gasteiger partial charge in [0.05, 0.1) is 4.47 Å². The third kappa shape index (κ3) is 3.62. The number of hydrogen-bond donors (Lipinski definition) is 1. The van der Waals surface area contributed by atoms with E-state index in [4.69, 9.17) is 5.11 Å². The first kappa shape index (κ1) is 12.7. The van der Waals surface area contributed by atoms with Crippen LogP contribution in [0.5, 0.6) is 0 Å². The van der Waals surface area contributed by atoms with Crippen molar-refractivity contribution in [2.45, 2.75) is 6.42 Å². The Bertz CT molecular complexity index is 338. The largest absolute Gasteiger partial charge is 0.396 e. The summed E-state index contributed by atoms with van der Waals surface area (Å²) in [5.41, 5.74) is 0. The van der Waals surface area contributed by atoms with Gasteiger partial charge in [-0.05, 0) is 22.4 Å². The summed E-state index contributed by atoms with van der Waals surface area (Å²) in [6.07, 6.45) is 4.41. The van der Waals surface area contributed by atoms with Gasteiger partial charge < -0.3 is 10.0 Å². The van der Waals surface area contributed by atoms with Crippen molar-refractivity contribution >= 4 is 21.9 Å². The standard InChI is InChI=1S/C11H17BrN4O/c12-10-8-13-11(14-9-10)16-5-3-15(4-6-16)2-1-7-17/h8-9,17H,1-7H2. The van der Waals surface area contributed by atoms with Crippen LogP contribution in [0.3, 0.4) is 0 Å². The van der Waals surface area contributed by atoms with Crippen LogP contribution in [0.2, 0.25) is 0 Å². The van der Waals surface area contributed by atoms with Gasteiger partial charge in [-0.2, -0.15) is 0 Å². The monoisotopic (exact) mass is 300 g/mol. The van der Waals surface area contributed by atoms with Crippen LogP contribution < -0.4 is 4.90 Å². The van der Waals surface area contributed by atoms with Crippen LogP contribution in [0.25, 0.3) is 0 Å². The van der Waals surface area contributed by atoms with Gasteiger partial charge in [-0.25, -0.2) is 9.97 Å². The molecule has 1 aromatic rings. The van der Waals surface area contributed by atoms with Gasteiger partial charge in [0, 0.05) is 51.7 Å². The summed E-state index contributed by atoms with van der Waals surface area (Å²) in [5.74, 6) is 0.801. The summed E-state index contributed by atoms with van der Waals surface area (Å²) in [6.45, 7) is 5.18. The van der Waals surface area contributed by atoms with Crippen molar-refractivity contribution < 1.29 is 5.11 Å². The highest BCUT2D eigenvalue weighted by molar-refractivity contribution is 9.10. The van der Waals surface area contributed by atoms with E-state index < -0.39 is 0 Å². The van der Waals surface area contributed by atoms with Crippen LogP contribution in [-0.4, -0.2) is 59.3 Å². The molecular formula is C11H17BrN4O. The average Bonchev–Trinajstić information content (AvgIpc) is 2.38. The van der Waals surface area contributed by atoms with Gasteiger partial charge in [0.25, 0.3) is 0 Å². The summed E-state index contributed by atoms with van der Waals surface area (Å²) in [6, 6.07) is 0. The zero-order valence-electron chi connectivity index (χ0n) is 9.72. The molecule has 1 saturated heterocycles. The van der Waals surface area contributed by atoms with Gasteiger partial charge in [-0.3, -0.25) is 4.90 Å². The molecule has 0 aromatic carbocycles. The second kappa shape index (κ2) is 6.28. The lowest BCUT2D eigenvalue weighted by molar-refractivity contribution is 0.215. The summed E-state index contributed by atoms with van der Waals surface area (Å²) >= 11 is 3.33. The maximum atomic E-state index is 8.79. The van der Waals surface area contributed by atoms with Crippen LogP contribution in [-0.2, 0) is 0 Å². The highest BCUT2D eigenvalue weighted by Gasteiger charge is 2.18. The number of piperazine rings is 1. The van der Waals surface area contributed by atoms with E-state index in [0.717, 1.165) is 49.6 Å². The molecule has 0 spiro atoms. The second-order valence-corrected chi connectivity index (χ2v) is 5.02. The second-order valence-electron chi connectivity index (χ2n) is 4.11. The quantitative estimate of drug-likeness (QED) is 0.889. The Hall–Kier alpha value is -0.720. The molecule has 0 saturated carbocycles. The number of hydrogen-bond acceptors (Lipinski definition) is 5. The molecule has 1 aliphatic heterocycles. The molecule has 17 heavy (non-hydrogen) atoms. The van der Waals surface area contributed by atoms with Crippen molar-refractivity contribution in [2.75, 3.05) is 44.2 Å². The number of nitrogens with zero attached hydrogens (tertiary/aromatic N) is 4. The van der Waals surface area contributed by atoms with Crippen molar-refractivity contribution in [3.8, 4) is 0 Å². The van der Waals surface area contributed by atoms with Gasteiger partial charge >= 0.3 is 0 Å². The van der Waals surface area contributed by atoms with E-state index in [9.17, 15) is 0 Å². The lowest BCUT2D eigenvalue weighted by atomic mass is 10.3. The minimum absolute atomic E-state index is 0.274. The molecule has 2 rings (SSSR count). The molecule has 0 atom stereocenters. The van der Waals surface area contributed by atoms with Gasteiger partial charge in [-0.15, -0.1) is 0 Å². The van der Waals surface area contributed by atoms with E-state index in [1.54, 1.807) is 12.4 Å². The first-order valence-electron chi connectivity index (χ1n) is 5.85. The molecule has 0 amide bonds. The highest BCUT2D eigenvalue weighted by atomic mass is 79.9. The fraction of sp³-hybridized carbons (Fsp3) is 0.636. The van der Waals surface area contributed by atoms with Crippen LogP contribution in [0.4, 0.5) is 5.95 Å². The fourth-order valence-electron chi connectivity index (χ4n) is 1.93. The number of aromatic nitrogens is 2. The van der Waals surface area contributed by atoms with Gasteiger partial charge in [0.1, 0.15) is 0 Å². The molecule has 0 aliphatic carbocycles. The third-order valence-corrected chi connectivity index (χ3v) is 3.30. The Morgan fingerprint density at radius 1 is 1.18 bits per heavy atom. The number of rotatable bonds is 4. The summed E-state index contributed by atoms with van der Waals surface area (Å²) in [4.78, 5) is 13.2. The molecule has 94 valence electrons. The van der Waals surface area contributed by atoms with E-state index in [-0.39, 0.29) is 6.61 Å². The van der Waals surface area contributed by atoms with Crippen LogP contribution in [0.15, 0.2) is 16.9 Å². The molecule has 6 heteroatoms. The molecule has 1 fully saturated rings. The van der Waals surface area contributed by atoms with Crippen molar-refractivity contribution in [1.29, 1.82) is 0 Å². The van der Waals surface area contributed by atoms with Gasteiger partial charge in [0.2, 0.25) is 5.95 Å². The summed E-state index contributed by atoms with van der Waals surface area (Å²) in [7, 11) is 0. The minimum Gasteiger partial charge on any atom is -0.396 e.